The number of oxazole rings is 1. The maximum Gasteiger partial charge on any atom is 0.233 e. The van der Waals surface area contributed by atoms with Crippen molar-refractivity contribution in [1.82, 2.24) is 4.98 Å². The summed E-state index contributed by atoms with van der Waals surface area (Å²) in [5.41, 5.74) is 1.53. The number of ether oxygens (including phenoxy) is 5. The molecule has 10 nitrogen and oxygen atoms in total. The van der Waals surface area contributed by atoms with Gasteiger partial charge in [-0.05, 0) is 54.4 Å². The molecule has 3 aromatic carbocycles. The van der Waals surface area contributed by atoms with Gasteiger partial charge in [0.2, 0.25) is 26.6 Å². The van der Waals surface area contributed by atoms with Crippen molar-refractivity contribution < 1.29 is 36.5 Å². The Kier molecular flexibility index (Phi) is 7.51. The van der Waals surface area contributed by atoms with E-state index in [4.69, 9.17) is 28.1 Å². The summed E-state index contributed by atoms with van der Waals surface area (Å²) < 4.78 is 60.7. The van der Waals surface area contributed by atoms with Gasteiger partial charge in [0.25, 0.3) is 0 Å². The largest absolute Gasteiger partial charge is 0.497 e. The third kappa shape index (κ3) is 5.44. The third-order valence-electron chi connectivity index (χ3n) is 6.14. The van der Waals surface area contributed by atoms with Crippen molar-refractivity contribution in [3.05, 3.63) is 66.2 Å². The maximum atomic E-state index is 13.8. The lowest BCUT2D eigenvalue weighted by molar-refractivity contribution is 0.171. The molecule has 1 aromatic heterocycles. The maximum absolute atomic E-state index is 13.8. The molecule has 0 atom stereocenters. The van der Waals surface area contributed by atoms with Crippen LogP contribution in [0.25, 0.3) is 11.5 Å². The Morgan fingerprint density at radius 2 is 1.67 bits per heavy atom. The molecule has 0 radical (unpaired) electrons. The van der Waals surface area contributed by atoms with Crippen LogP contribution in [0.5, 0.6) is 28.7 Å². The molecule has 0 saturated carbocycles. The molecule has 0 aliphatic carbocycles. The molecule has 0 saturated heterocycles. The van der Waals surface area contributed by atoms with Crippen LogP contribution < -0.4 is 29.0 Å². The number of nitrogens with zero attached hydrogens (tertiary/aromatic N) is 1. The molecule has 4 aromatic rings. The van der Waals surface area contributed by atoms with E-state index < -0.39 is 9.84 Å². The monoisotopic (exact) mass is 552 g/mol. The number of hydrogen-bond donors (Lipinski definition) is 1. The highest BCUT2D eigenvalue weighted by Crippen LogP contribution is 2.37. The molecular weight excluding hydrogens is 524 g/mol. The van der Waals surface area contributed by atoms with Gasteiger partial charge in [-0.3, -0.25) is 0 Å². The normalized spacial score (nSPS) is 12.6. The van der Waals surface area contributed by atoms with E-state index in [1.165, 1.54) is 12.1 Å². The van der Waals surface area contributed by atoms with Crippen molar-refractivity contribution in [2.45, 2.75) is 16.3 Å². The number of anilines is 1. The van der Waals surface area contributed by atoms with Gasteiger partial charge in [-0.15, -0.1) is 0 Å². The van der Waals surface area contributed by atoms with Crippen molar-refractivity contribution in [2.75, 3.05) is 46.4 Å². The summed E-state index contributed by atoms with van der Waals surface area (Å²) in [6, 6.07) is 17.1. The van der Waals surface area contributed by atoms with Gasteiger partial charge in [0, 0.05) is 18.2 Å². The minimum atomic E-state index is -4.09. The molecular formula is C28H28N2O8S. The fourth-order valence-corrected chi connectivity index (χ4v) is 5.43. The van der Waals surface area contributed by atoms with Crippen molar-refractivity contribution in [1.29, 1.82) is 0 Å². The fraction of sp³-hybridized carbons (Fsp3) is 0.250. The molecule has 2 heterocycles. The van der Waals surface area contributed by atoms with E-state index in [0.29, 0.717) is 60.5 Å². The van der Waals surface area contributed by atoms with Crippen molar-refractivity contribution in [2.24, 2.45) is 0 Å². The zero-order chi connectivity index (χ0) is 27.4. The van der Waals surface area contributed by atoms with Crippen LogP contribution in [0.15, 0.2) is 75.0 Å². The highest BCUT2D eigenvalue weighted by Gasteiger charge is 2.30. The summed E-state index contributed by atoms with van der Waals surface area (Å²) in [5.74, 6) is 2.84. The molecule has 5 rings (SSSR count). The second-order valence-electron chi connectivity index (χ2n) is 8.56. The van der Waals surface area contributed by atoms with Gasteiger partial charge < -0.3 is 33.4 Å². The van der Waals surface area contributed by atoms with E-state index in [1.54, 1.807) is 51.7 Å². The van der Waals surface area contributed by atoms with Crippen LogP contribution in [0.1, 0.15) is 5.56 Å². The summed E-state index contributed by atoms with van der Waals surface area (Å²) >= 11 is 0. The molecule has 0 unspecified atom stereocenters. The molecule has 11 heteroatoms. The Labute approximate surface area is 226 Å². The molecule has 39 heavy (non-hydrogen) atoms. The standard InChI is InChI=1S/C28H28N2O8S/c1-33-20-6-4-5-19(16-20)26-30-28(39(31,32)21-8-10-23-25(17-21)37-14-13-36-23)27(38-26)29-12-11-18-7-9-22(34-2)24(15-18)35-3/h4-10,15-17,29H,11-14H2,1-3H3. The summed E-state index contributed by atoms with van der Waals surface area (Å²) in [6.45, 7) is 1.11. The molecule has 0 bridgehead atoms. The van der Waals surface area contributed by atoms with Crippen LogP contribution in [0, 0.1) is 0 Å². The lowest BCUT2D eigenvalue weighted by atomic mass is 10.1. The van der Waals surface area contributed by atoms with Gasteiger partial charge in [-0.2, -0.15) is 4.98 Å². The first-order valence-electron chi connectivity index (χ1n) is 12.2. The lowest BCUT2D eigenvalue weighted by Crippen LogP contribution is -2.16. The predicted molar refractivity (Wildman–Crippen MR) is 143 cm³/mol. The van der Waals surface area contributed by atoms with E-state index in [-0.39, 0.29) is 21.7 Å². The smallest absolute Gasteiger partial charge is 0.233 e. The van der Waals surface area contributed by atoms with Crippen LogP contribution in [0.2, 0.25) is 0 Å². The summed E-state index contributed by atoms with van der Waals surface area (Å²) in [7, 11) is 0.607. The van der Waals surface area contributed by atoms with Gasteiger partial charge in [-0.1, -0.05) is 12.1 Å². The zero-order valence-electron chi connectivity index (χ0n) is 21.7. The predicted octanol–water partition coefficient (Wildman–Crippen LogP) is 4.63. The van der Waals surface area contributed by atoms with Crippen molar-refractivity contribution in [3.63, 3.8) is 0 Å². The number of fused-ring (bicyclic) bond motifs is 1. The van der Waals surface area contributed by atoms with Gasteiger partial charge in [0.15, 0.2) is 23.0 Å². The highest BCUT2D eigenvalue weighted by atomic mass is 32.2. The summed E-state index contributed by atoms with van der Waals surface area (Å²) in [6.07, 6.45) is 0.555. The van der Waals surface area contributed by atoms with E-state index in [2.05, 4.69) is 10.3 Å². The average Bonchev–Trinajstić information content (AvgIpc) is 3.42. The topological polar surface area (TPSA) is 118 Å². The van der Waals surface area contributed by atoms with Crippen molar-refractivity contribution in [3.8, 4) is 40.2 Å². The minimum absolute atomic E-state index is 0.0141. The first-order chi connectivity index (χ1) is 18.9. The Morgan fingerprint density at radius 3 is 2.44 bits per heavy atom. The van der Waals surface area contributed by atoms with Gasteiger partial charge in [0.1, 0.15) is 19.0 Å². The van der Waals surface area contributed by atoms with Crippen LogP contribution in [-0.4, -0.2) is 54.5 Å². The first-order valence-corrected chi connectivity index (χ1v) is 13.7. The molecule has 0 fully saturated rings. The molecule has 0 spiro atoms. The van der Waals surface area contributed by atoms with Crippen LogP contribution in [-0.2, 0) is 16.3 Å². The molecule has 1 N–H and O–H groups in total. The van der Waals surface area contributed by atoms with Gasteiger partial charge in [-0.25, -0.2) is 8.42 Å². The highest BCUT2D eigenvalue weighted by molar-refractivity contribution is 7.91. The SMILES string of the molecule is COc1cccc(-c2nc(S(=O)(=O)c3ccc4c(c3)OCCO4)c(NCCc3ccc(OC)c(OC)c3)o2)c1. The van der Waals surface area contributed by atoms with Crippen LogP contribution in [0.3, 0.4) is 0 Å². The van der Waals surface area contributed by atoms with Crippen LogP contribution in [0.4, 0.5) is 5.88 Å². The van der Waals surface area contributed by atoms with Gasteiger partial charge >= 0.3 is 0 Å². The Balaban J connectivity index is 1.47. The Hall–Kier alpha value is -4.38. The van der Waals surface area contributed by atoms with E-state index in [1.807, 2.05) is 18.2 Å². The van der Waals surface area contributed by atoms with Gasteiger partial charge in [0.05, 0.1) is 26.2 Å². The quantitative estimate of drug-likeness (QED) is 0.298. The lowest BCUT2D eigenvalue weighted by Gasteiger charge is -2.18. The summed E-state index contributed by atoms with van der Waals surface area (Å²) in [4.78, 5) is 4.42. The second-order valence-corrected chi connectivity index (χ2v) is 10.4. The summed E-state index contributed by atoms with van der Waals surface area (Å²) in [5, 5.41) is 2.89. The fourth-order valence-electron chi connectivity index (χ4n) is 4.14. The second kappa shape index (κ2) is 11.2. The molecule has 204 valence electrons. The third-order valence-corrected chi connectivity index (χ3v) is 7.80. The van der Waals surface area contributed by atoms with Crippen molar-refractivity contribution >= 4 is 15.7 Å². The Bertz CT molecular complexity index is 1580. The number of methoxy groups -OCH3 is 3. The molecule has 0 amide bonds. The molecule has 1 aliphatic heterocycles. The number of nitrogens with one attached hydrogen (secondary N) is 1. The number of hydrogen-bond acceptors (Lipinski definition) is 10. The molecule has 1 aliphatic rings. The van der Waals surface area contributed by atoms with E-state index in [0.717, 1.165) is 5.56 Å². The Morgan fingerprint density at radius 1 is 0.872 bits per heavy atom. The van der Waals surface area contributed by atoms with Crippen LogP contribution >= 0.6 is 0 Å². The van der Waals surface area contributed by atoms with E-state index in [9.17, 15) is 8.42 Å². The minimum Gasteiger partial charge on any atom is -0.497 e. The number of benzene rings is 3. The first kappa shape index (κ1) is 26.2. The van der Waals surface area contributed by atoms with E-state index >= 15 is 0 Å². The number of aromatic nitrogens is 1. The number of sulfone groups is 1. The zero-order valence-corrected chi connectivity index (χ0v) is 22.5. The average molecular weight is 553 g/mol. The number of rotatable bonds is 10.